The van der Waals surface area contributed by atoms with E-state index in [1.54, 1.807) is 0 Å². The Morgan fingerprint density at radius 2 is 1.71 bits per heavy atom. The Morgan fingerprint density at radius 3 is 2.33 bits per heavy atom. The highest BCUT2D eigenvalue weighted by Gasteiger charge is 2.21. The quantitative estimate of drug-likeness (QED) is 0.748. The number of hydrogen-bond donors (Lipinski definition) is 0. The second-order valence-corrected chi connectivity index (χ2v) is 6.29. The maximum Gasteiger partial charge on any atom is 0.125 e. The Hall–Kier alpha value is -1.06. The van der Waals surface area contributed by atoms with Gasteiger partial charge >= 0.3 is 0 Å². The summed E-state index contributed by atoms with van der Waals surface area (Å²) in [5.74, 6) is 1.06. The van der Waals surface area contributed by atoms with Gasteiger partial charge in [0.2, 0.25) is 0 Å². The molecule has 0 radical (unpaired) electrons. The van der Waals surface area contributed by atoms with Crippen LogP contribution in [0.3, 0.4) is 0 Å². The van der Waals surface area contributed by atoms with E-state index in [2.05, 4.69) is 50.8 Å². The standard InChI is InChI=1S/C18H29NO2/c1-14-8-7-9-15(2)18(14)20-11-6-5-10-19-12-16(3)21-17(4)13-19/h7-9,16-17H,5-6,10-13H2,1-4H3/t16-,17+. The molecule has 0 spiro atoms. The molecule has 0 aromatic heterocycles. The molecular weight excluding hydrogens is 262 g/mol. The first-order valence-electron chi connectivity index (χ1n) is 8.13. The molecule has 0 aliphatic carbocycles. The molecule has 1 aliphatic rings. The minimum Gasteiger partial charge on any atom is -0.493 e. The third-order valence-corrected chi connectivity index (χ3v) is 4.02. The zero-order valence-electron chi connectivity index (χ0n) is 13.9. The smallest absolute Gasteiger partial charge is 0.125 e. The number of rotatable bonds is 6. The molecule has 118 valence electrons. The molecule has 1 saturated heterocycles. The maximum absolute atomic E-state index is 5.96. The lowest BCUT2D eigenvalue weighted by Gasteiger charge is -2.35. The molecule has 3 heteroatoms. The van der Waals surface area contributed by atoms with Crippen molar-refractivity contribution in [3.8, 4) is 5.75 Å². The van der Waals surface area contributed by atoms with Gasteiger partial charge in [0, 0.05) is 13.1 Å². The average molecular weight is 291 g/mol. The zero-order chi connectivity index (χ0) is 15.2. The third kappa shape index (κ3) is 5.01. The summed E-state index contributed by atoms with van der Waals surface area (Å²) < 4.78 is 11.7. The highest BCUT2D eigenvalue weighted by Crippen LogP contribution is 2.22. The molecule has 1 heterocycles. The highest BCUT2D eigenvalue weighted by atomic mass is 16.5. The summed E-state index contributed by atoms with van der Waals surface area (Å²) in [6.07, 6.45) is 3.01. The van der Waals surface area contributed by atoms with E-state index >= 15 is 0 Å². The summed E-state index contributed by atoms with van der Waals surface area (Å²) in [4.78, 5) is 2.51. The summed E-state index contributed by atoms with van der Waals surface area (Å²) in [5, 5.41) is 0. The van der Waals surface area contributed by atoms with Crippen molar-refractivity contribution in [2.45, 2.75) is 52.7 Å². The van der Waals surface area contributed by atoms with Crippen LogP contribution in [0.2, 0.25) is 0 Å². The third-order valence-electron chi connectivity index (χ3n) is 4.02. The van der Waals surface area contributed by atoms with Crippen LogP contribution in [0.4, 0.5) is 0 Å². The Morgan fingerprint density at radius 1 is 1.10 bits per heavy atom. The van der Waals surface area contributed by atoms with Crippen molar-refractivity contribution in [3.63, 3.8) is 0 Å². The van der Waals surface area contributed by atoms with Gasteiger partial charge in [0.15, 0.2) is 0 Å². The largest absolute Gasteiger partial charge is 0.493 e. The molecule has 1 fully saturated rings. The summed E-state index contributed by atoms with van der Waals surface area (Å²) in [6.45, 7) is 12.6. The predicted octanol–water partition coefficient (Wildman–Crippen LogP) is 3.57. The van der Waals surface area contributed by atoms with Crippen LogP contribution in [-0.4, -0.2) is 43.3 Å². The second kappa shape index (κ2) is 7.81. The molecule has 2 atom stereocenters. The van der Waals surface area contributed by atoms with E-state index in [4.69, 9.17) is 9.47 Å². The lowest BCUT2D eigenvalue weighted by atomic mass is 10.1. The van der Waals surface area contributed by atoms with Gasteiger partial charge in [-0.05, 0) is 58.2 Å². The van der Waals surface area contributed by atoms with E-state index in [9.17, 15) is 0 Å². The zero-order valence-corrected chi connectivity index (χ0v) is 13.9. The topological polar surface area (TPSA) is 21.7 Å². The lowest BCUT2D eigenvalue weighted by molar-refractivity contribution is -0.0682. The van der Waals surface area contributed by atoms with Gasteiger partial charge in [-0.2, -0.15) is 0 Å². The van der Waals surface area contributed by atoms with E-state index in [1.165, 1.54) is 17.5 Å². The molecule has 3 nitrogen and oxygen atoms in total. The minimum atomic E-state index is 0.361. The SMILES string of the molecule is Cc1cccc(C)c1OCCCCN1C[C@@H](C)O[C@@H](C)C1. The van der Waals surface area contributed by atoms with Gasteiger partial charge in [0.1, 0.15) is 5.75 Å². The Labute approximate surface area is 129 Å². The van der Waals surface area contributed by atoms with E-state index < -0.39 is 0 Å². The predicted molar refractivity (Wildman–Crippen MR) is 87.1 cm³/mol. The van der Waals surface area contributed by atoms with Crippen LogP contribution in [0.5, 0.6) is 5.75 Å². The number of benzene rings is 1. The first-order chi connectivity index (χ1) is 10.1. The number of ether oxygens (including phenoxy) is 2. The molecule has 0 saturated carbocycles. The molecule has 0 bridgehead atoms. The van der Waals surface area contributed by atoms with Gasteiger partial charge in [-0.3, -0.25) is 4.90 Å². The fourth-order valence-corrected chi connectivity index (χ4v) is 3.11. The maximum atomic E-state index is 5.96. The fraction of sp³-hybridized carbons (Fsp3) is 0.667. The normalized spacial score (nSPS) is 23.2. The van der Waals surface area contributed by atoms with Gasteiger partial charge in [-0.1, -0.05) is 18.2 Å². The molecule has 1 aliphatic heterocycles. The minimum absolute atomic E-state index is 0.361. The summed E-state index contributed by atoms with van der Waals surface area (Å²) in [7, 11) is 0. The molecular formula is C18H29NO2. The molecule has 0 N–H and O–H groups in total. The van der Waals surface area contributed by atoms with Gasteiger partial charge in [0.25, 0.3) is 0 Å². The van der Waals surface area contributed by atoms with Gasteiger partial charge in [-0.25, -0.2) is 0 Å². The van der Waals surface area contributed by atoms with Gasteiger partial charge in [-0.15, -0.1) is 0 Å². The van der Waals surface area contributed by atoms with Crippen molar-refractivity contribution in [1.29, 1.82) is 0 Å². The second-order valence-electron chi connectivity index (χ2n) is 6.29. The number of para-hydroxylation sites is 1. The van der Waals surface area contributed by atoms with Crippen molar-refractivity contribution >= 4 is 0 Å². The van der Waals surface area contributed by atoms with E-state index in [-0.39, 0.29) is 0 Å². The Bertz CT molecular complexity index is 417. The summed E-state index contributed by atoms with van der Waals surface area (Å²) in [6, 6.07) is 6.30. The Balaban J connectivity index is 1.66. The fourth-order valence-electron chi connectivity index (χ4n) is 3.11. The van der Waals surface area contributed by atoms with Crippen molar-refractivity contribution in [2.24, 2.45) is 0 Å². The number of aryl methyl sites for hydroxylation is 2. The highest BCUT2D eigenvalue weighted by molar-refractivity contribution is 5.39. The molecule has 0 amide bonds. The molecule has 21 heavy (non-hydrogen) atoms. The van der Waals surface area contributed by atoms with Crippen molar-refractivity contribution in [2.75, 3.05) is 26.2 Å². The number of morpholine rings is 1. The first kappa shape index (κ1) is 16.3. The summed E-state index contributed by atoms with van der Waals surface area (Å²) >= 11 is 0. The summed E-state index contributed by atoms with van der Waals surface area (Å²) in [5.41, 5.74) is 2.46. The number of hydrogen-bond acceptors (Lipinski definition) is 3. The Kier molecular flexibility index (Phi) is 6.07. The molecule has 2 rings (SSSR count). The average Bonchev–Trinajstić information content (AvgIpc) is 2.40. The van der Waals surface area contributed by atoms with E-state index in [0.29, 0.717) is 12.2 Å². The van der Waals surface area contributed by atoms with E-state index in [0.717, 1.165) is 38.4 Å². The van der Waals surface area contributed by atoms with Crippen LogP contribution in [0, 0.1) is 13.8 Å². The number of unbranched alkanes of at least 4 members (excludes halogenated alkanes) is 1. The van der Waals surface area contributed by atoms with Crippen molar-refractivity contribution < 1.29 is 9.47 Å². The molecule has 1 aromatic carbocycles. The molecule has 0 unspecified atom stereocenters. The lowest BCUT2D eigenvalue weighted by Crippen LogP contribution is -2.45. The molecule has 1 aromatic rings. The van der Waals surface area contributed by atoms with Crippen molar-refractivity contribution in [3.05, 3.63) is 29.3 Å². The van der Waals surface area contributed by atoms with E-state index in [1.807, 2.05) is 0 Å². The van der Waals surface area contributed by atoms with Gasteiger partial charge < -0.3 is 9.47 Å². The van der Waals surface area contributed by atoms with Crippen LogP contribution in [0.25, 0.3) is 0 Å². The van der Waals surface area contributed by atoms with Crippen LogP contribution >= 0.6 is 0 Å². The van der Waals surface area contributed by atoms with Crippen molar-refractivity contribution in [1.82, 2.24) is 4.90 Å². The number of nitrogens with zero attached hydrogens (tertiary/aromatic N) is 1. The van der Waals surface area contributed by atoms with Crippen LogP contribution in [-0.2, 0) is 4.74 Å². The van der Waals surface area contributed by atoms with Crippen LogP contribution in [0.1, 0.15) is 37.8 Å². The van der Waals surface area contributed by atoms with Gasteiger partial charge in [0.05, 0.1) is 18.8 Å². The van der Waals surface area contributed by atoms with Crippen LogP contribution in [0.15, 0.2) is 18.2 Å². The first-order valence-corrected chi connectivity index (χ1v) is 8.13. The monoisotopic (exact) mass is 291 g/mol. The van der Waals surface area contributed by atoms with Crippen LogP contribution < -0.4 is 4.74 Å².